The molecule has 0 aliphatic heterocycles. The number of pyridine rings is 1. The molecule has 6 nitrogen and oxygen atoms in total. The summed E-state index contributed by atoms with van der Waals surface area (Å²) in [7, 11) is 0. The smallest absolute Gasteiger partial charge is 0.277 e. The number of halogens is 1. The number of aryl methyl sites for hydroxylation is 1. The molecule has 0 aliphatic carbocycles. The van der Waals surface area contributed by atoms with E-state index >= 15 is 0 Å². The number of hydrogen-bond donors (Lipinski definition) is 1. The lowest BCUT2D eigenvalue weighted by Crippen LogP contribution is -2.22. The van der Waals surface area contributed by atoms with E-state index in [0.29, 0.717) is 16.8 Å². The third-order valence-corrected chi connectivity index (χ3v) is 4.60. The third-order valence-electron chi connectivity index (χ3n) is 3.37. The Bertz CT molecular complexity index is 882. The molecule has 25 heavy (non-hydrogen) atoms. The highest BCUT2D eigenvalue weighted by Gasteiger charge is 2.19. The third kappa shape index (κ3) is 4.37. The molecular weight excluding hydrogens is 360 g/mol. The number of amides is 1. The Morgan fingerprint density at radius 2 is 2.00 bits per heavy atom. The van der Waals surface area contributed by atoms with E-state index in [9.17, 15) is 4.79 Å². The Labute approximate surface area is 154 Å². The number of anilines is 1. The van der Waals surface area contributed by atoms with Gasteiger partial charge in [-0.2, -0.15) is 0 Å². The standard InChI is InChI=1S/C17H15ClN4O2S/c1-10-5-7-12(8-6-10)16-21-22-17(24-16)25-11(2)15(23)20-13-4-3-9-19-14(13)18/h3-9,11H,1-2H3,(H,20,23)/t11-/m0/s1. The Balaban J connectivity index is 1.65. The van der Waals surface area contributed by atoms with E-state index in [1.54, 1.807) is 25.3 Å². The molecule has 1 aromatic carbocycles. The molecule has 0 saturated heterocycles. The summed E-state index contributed by atoms with van der Waals surface area (Å²) in [6, 6.07) is 11.2. The molecule has 2 aromatic heterocycles. The van der Waals surface area contributed by atoms with Crippen molar-refractivity contribution in [2.75, 3.05) is 5.32 Å². The van der Waals surface area contributed by atoms with Gasteiger partial charge in [0, 0.05) is 11.8 Å². The molecule has 2 heterocycles. The molecule has 0 unspecified atom stereocenters. The molecule has 0 bridgehead atoms. The Morgan fingerprint density at radius 3 is 2.72 bits per heavy atom. The number of aromatic nitrogens is 3. The van der Waals surface area contributed by atoms with Crippen LogP contribution in [0.25, 0.3) is 11.5 Å². The molecule has 0 fully saturated rings. The number of nitrogens with one attached hydrogen (secondary N) is 1. The second-order valence-corrected chi connectivity index (χ2v) is 6.98. The number of carbonyl (C=O) groups is 1. The minimum Gasteiger partial charge on any atom is -0.411 e. The molecule has 0 saturated carbocycles. The predicted octanol–water partition coefficient (Wildman–Crippen LogP) is 4.21. The molecule has 8 heteroatoms. The summed E-state index contributed by atoms with van der Waals surface area (Å²) in [5, 5.41) is 10.9. The lowest BCUT2D eigenvalue weighted by molar-refractivity contribution is -0.115. The molecule has 0 radical (unpaired) electrons. The van der Waals surface area contributed by atoms with Gasteiger partial charge in [0.2, 0.25) is 11.8 Å². The summed E-state index contributed by atoms with van der Waals surface area (Å²) < 4.78 is 5.63. The van der Waals surface area contributed by atoms with Gasteiger partial charge < -0.3 is 9.73 Å². The Morgan fingerprint density at radius 1 is 1.24 bits per heavy atom. The second-order valence-electron chi connectivity index (χ2n) is 5.33. The van der Waals surface area contributed by atoms with Crippen molar-refractivity contribution in [1.29, 1.82) is 0 Å². The summed E-state index contributed by atoms with van der Waals surface area (Å²) in [5.41, 5.74) is 2.45. The number of carbonyl (C=O) groups excluding carboxylic acids is 1. The van der Waals surface area contributed by atoms with E-state index in [1.807, 2.05) is 31.2 Å². The highest BCUT2D eigenvalue weighted by atomic mass is 35.5. The van der Waals surface area contributed by atoms with Crippen molar-refractivity contribution >= 4 is 35.0 Å². The first-order valence-corrected chi connectivity index (χ1v) is 8.77. The van der Waals surface area contributed by atoms with Gasteiger partial charge in [0.1, 0.15) is 0 Å². The second kappa shape index (κ2) is 7.67. The molecule has 1 amide bonds. The molecule has 0 aliphatic rings. The fourth-order valence-electron chi connectivity index (χ4n) is 1.99. The van der Waals surface area contributed by atoms with Crippen molar-refractivity contribution in [3.63, 3.8) is 0 Å². The van der Waals surface area contributed by atoms with Crippen molar-refractivity contribution in [3.8, 4) is 11.5 Å². The molecule has 1 N–H and O–H groups in total. The highest BCUT2D eigenvalue weighted by molar-refractivity contribution is 8.00. The zero-order chi connectivity index (χ0) is 17.8. The fraction of sp³-hybridized carbons (Fsp3) is 0.176. The van der Waals surface area contributed by atoms with Crippen LogP contribution >= 0.6 is 23.4 Å². The van der Waals surface area contributed by atoms with Crippen molar-refractivity contribution < 1.29 is 9.21 Å². The molecule has 3 rings (SSSR count). The van der Waals surface area contributed by atoms with E-state index in [2.05, 4.69) is 20.5 Å². The fourth-order valence-corrected chi connectivity index (χ4v) is 2.84. The maximum atomic E-state index is 12.3. The van der Waals surface area contributed by atoms with E-state index in [0.717, 1.165) is 11.1 Å². The Kier molecular flexibility index (Phi) is 5.35. The van der Waals surface area contributed by atoms with Crippen LogP contribution in [0, 0.1) is 6.92 Å². The van der Waals surface area contributed by atoms with E-state index in [4.69, 9.17) is 16.0 Å². The van der Waals surface area contributed by atoms with Gasteiger partial charge in [-0.05, 0) is 38.1 Å². The van der Waals surface area contributed by atoms with Gasteiger partial charge in [-0.15, -0.1) is 10.2 Å². The van der Waals surface area contributed by atoms with Gasteiger partial charge in [-0.3, -0.25) is 4.79 Å². The number of thioether (sulfide) groups is 1. The van der Waals surface area contributed by atoms with Gasteiger partial charge in [0.25, 0.3) is 5.22 Å². The van der Waals surface area contributed by atoms with Gasteiger partial charge in [0.05, 0.1) is 10.9 Å². The summed E-state index contributed by atoms with van der Waals surface area (Å²) >= 11 is 7.12. The summed E-state index contributed by atoms with van der Waals surface area (Å²) in [5.74, 6) is 0.195. The first kappa shape index (κ1) is 17.4. The minimum absolute atomic E-state index is 0.227. The van der Waals surface area contributed by atoms with E-state index in [1.165, 1.54) is 11.8 Å². The van der Waals surface area contributed by atoms with E-state index < -0.39 is 5.25 Å². The van der Waals surface area contributed by atoms with E-state index in [-0.39, 0.29) is 11.1 Å². The van der Waals surface area contributed by atoms with Crippen LogP contribution in [0.5, 0.6) is 0 Å². The SMILES string of the molecule is Cc1ccc(-c2nnc(S[C@@H](C)C(=O)Nc3cccnc3Cl)o2)cc1. The monoisotopic (exact) mass is 374 g/mol. The van der Waals surface area contributed by atoms with Crippen LogP contribution in [0.15, 0.2) is 52.2 Å². The van der Waals surface area contributed by atoms with Crippen molar-refractivity contribution in [2.24, 2.45) is 0 Å². The summed E-state index contributed by atoms with van der Waals surface area (Å²) in [6.45, 7) is 3.76. The lowest BCUT2D eigenvalue weighted by Gasteiger charge is -2.10. The van der Waals surface area contributed by atoms with Crippen LogP contribution in [0.2, 0.25) is 5.15 Å². The average Bonchev–Trinajstić information content (AvgIpc) is 3.06. The zero-order valence-corrected chi connectivity index (χ0v) is 15.1. The van der Waals surface area contributed by atoms with Gasteiger partial charge >= 0.3 is 0 Å². The van der Waals surface area contributed by atoms with Crippen LogP contribution in [-0.4, -0.2) is 26.3 Å². The molecule has 1 atom stereocenters. The maximum Gasteiger partial charge on any atom is 0.277 e. The average molecular weight is 375 g/mol. The van der Waals surface area contributed by atoms with Crippen LogP contribution in [-0.2, 0) is 4.79 Å². The first-order chi connectivity index (χ1) is 12.0. The van der Waals surface area contributed by atoms with Crippen LogP contribution in [0.1, 0.15) is 12.5 Å². The van der Waals surface area contributed by atoms with Gasteiger partial charge in [-0.1, -0.05) is 41.1 Å². The number of nitrogens with zero attached hydrogens (tertiary/aromatic N) is 3. The van der Waals surface area contributed by atoms with Gasteiger partial charge in [0.15, 0.2) is 5.15 Å². The molecule has 3 aromatic rings. The van der Waals surface area contributed by atoms with Crippen LogP contribution < -0.4 is 5.32 Å². The summed E-state index contributed by atoms with van der Waals surface area (Å²) in [6.07, 6.45) is 1.56. The minimum atomic E-state index is -0.442. The number of hydrogen-bond acceptors (Lipinski definition) is 6. The number of rotatable bonds is 5. The van der Waals surface area contributed by atoms with Crippen molar-refractivity contribution in [1.82, 2.24) is 15.2 Å². The van der Waals surface area contributed by atoms with Crippen LogP contribution in [0.4, 0.5) is 5.69 Å². The Hall–Kier alpha value is -2.38. The predicted molar refractivity (Wildman–Crippen MR) is 97.7 cm³/mol. The molecular formula is C17H15ClN4O2S. The van der Waals surface area contributed by atoms with Gasteiger partial charge in [-0.25, -0.2) is 4.98 Å². The summed E-state index contributed by atoms with van der Waals surface area (Å²) in [4.78, 5) is 16.2. The topological polar surface area (TPSA) is 80.9 Å². The first-order valence-electron chi connectivity index (χ1n) is 7.51. The maximum absolute atomic E-state index is 12.3. The van der Waals surface area contributed by atoms with Crippen LogP contribution in [0.3, 0.4) is 0 Å². The molecule has 0 spiro atoms. The zero-order valence-electron chi connectivity index (χ0n) is 13.6. The van der Waals surface area contributed by atoms with Crippen molar-refractivity contribution in [2.45, 2.75) is 24.3 Å². The van der Waals surface area contributed by atoms with Crippen molar-refractivity contribution in [3.05, 3.63) is 53.3 Å². The largest absolute Gasteiger partial charge is 0.411 e. The normalized spacial score (nSPS) is 12.0. The lowest BCUT2D eigenvalue weighted by atomic mass is 10.1. The number of benzene rings is 1. The quantitative estimate of drug-likeness (QED) is 0.532. The molecule has 128 valence electrons. The highest BCUT2D eigenvalue weighted by Crippen LogP contribution is 2.27.